The van der Waals surface area contributed by atoms with Gasteiger partial charge in [0.1, 0.15) is 6.10 Å². The van der Waals surface area contributed by atoms with E-state index >= 15 is 0 Å². The molecule has 2 atom stereocenters. The third kappa shape index (κ3) is 3.95. The number of nitrogens with zero attached hydrogens (tertiary/aromatic N) is 1. The molecule has 3 nitrogen and oxygen atoms in total. The van der Waals surface area contributed by atoms with Gasteiger partial charge < -0.3 is 9.84 Å². The predicted molar refractivity (Wildman–Crippen MR) is 32.5 cm³/mol. The van der Waals surface area contributed by atoms with Gasteiger partial charge in [0.2, 0.25) is 0 Å². The van der Waals surface area contributed by atoms with Crippen LogP contribution in [-0.4, -0.2) is 17.5 Å². The van der Waals surface area contributed by atoms with Gasteiger partial charge in [-0.3, -0.25) is 0 Å². The average molecular weight is 129 g/mol. The van der Waals surface area contributed by atoms with E-state index in [1.54, 1.807) is 13.8 Å². The molecule has 9 heavy (non-hydrogen) atoms. The Morgan fingerprint density at radius 3 is 2.67 bits per heavy atom. The summed E-state index contributed by atoms with van der Waals surface area (Å²) in [6.07, 6.45) is -0.786. The van der Waals surface area contributed by atoms with Gasteiger partial charge >= 0.3 is 0 Å². The standard InChI is InChI=1S/C6H11NO2/c1-3-6(8)9-5(2)4-7/h5-6,8H,3H2,1-2H3. The van der Waals surface area contributed by atoms with Crippen molar-refractivity contribution < 1.29 is 9.84 Å². The van der Waals surface area contributed by atoms with Crippen molar-refractivity contribution in [2.75, 3.05) is 0 Å². The SMILES string of the molecule is CCC(O)OC(C)C#N. The molecule has 0 saturated heterocycles. The van der Waals surface area contributed by atoms with Gasteiger partial charge in [-0.05, 0) is 13.3 Å². The molecule has 52 valence electrons. The summed E-state index contributed by atoms with van der Waals surface area (Å²) < 4.78 is 4.74. The summed E-state index contributed by atoms with van der Waals surface area (Å²) in [5.41, 5.74) is 0. The van der Waals surface area contributed by atoms with Gasteiger partial charge in [-0.1, -0.05) is 6.92 Å². The van der Waals surface area contributed by atoms with Crippen LogP contribution >= 0.6 is 0 Å². The minimum atomic E-state index is -0.792. The summed E-state index contributed by atoms with van der Waals surface area (Å²) in [4.78, 5) is 0. The Bertz CT molecular complexity index is 108. The molecule has 0 aliphatic heterocycles. The molecule has 0 heterocycles. The Hall–Kier alpha value is -0.590. The van der Waals surface area contributed by atoms with Crippen LogP contribution in [0.4, 0.5) is 0 Å². The summed E-state index contributed by atoms with van der Waals surface area (Å²) in [5.74, 6) is 0. The van der Waals surface area contributed by atoms with Gasteiger partial charge in [0.05, 0.1) is 6.07 Å². The fourth-order valence-electron chi connectivity index (χ4n) is 0.362. The Morgan fingerprint density at radius 2 is 2.33 bits per heavy atom. The lowest BCUT2D eigenvalue weighted by molar-refractivity contribution is -0.115. The molecule has 1 N–H and O–H groups in total. The molecular formula is C6H11NO2. The summed E-state index contributed by atoms with van der Waals surface area (Å²) in [5, 5.41) is 17.0. The largest absolute Gasteiger partial charge is 0.368 e. The first kappa shape index (κ1) is 8.41. The predicted octanol–water partition coefficient (Wildman–Crippen LogP) is 0.643. The molecule has 0 bridgehead atoms. The van der Waals surface area contributed by atoms with E-state index < -0.39 is 12.4 Å². The van der Waals surface area contributed by atoms with E-state index in [9.17, 15) is 0 Å². The van der Waals surface area contributed by atoms with Gasteiger partial charge in [-0.2, -0.15) is 5.26 Å². The maximum Gasteiger partial charge on any atom is 0.156 e. The number of rotatable bonds is 3. The third-order valence-corrected chi connectivity index (χ3v) is 0.892. The van der Waals surface area contributed by atoms with Crippen LogP contribution in [0.15, 0.2) is 0 Å². The molecule has 3 heteroatoms. The lowest BCUT2D eigenvalue weighted by Crippen LogP contribution is -2.16. The number of ether oxygens (including phenoxy) is 1. The number of aliphatic hydroxyl groups is 1. The summed E-state index contributed by atoms with van der Waals surface area (Å²) in [7, 11) is 0. The first-order valence-electron chi connectivity index (χ1n) is 2.93. The van der Waals surface area contributed by atoms with E-state index in [4.69, 9.17) is 15.1 Å². The van der Waals surface area contributed by atoms with Crippen molar-refractivity contribution in [3.63, 3.8) is 0 Å². The molecule has 0 spiro atoms. The molecular weight excluding hydrogens is 118 g/mol. The monoisotopic (exact) mass is 129 g/mol. The zero-order valence-electron chi connectivity index (χ0n) is 5.66. The van der Waals surface area contributed by atoms with Crippen LogP contribution in [0.3, 0.4) is 0 Å². The van der Waals surface area contributed by atoms with Crippen LogP contribution < -0.4 is 0 Å². The van der Waals surface area contributed by atoms with Crippen LogP contribution in [0.2, 0.25) is 0 Å². The van der Waals surface area contributed by atoms with E-state index in [0.29, 0.717) is 6.42 Å². The zero-order valence-corrected chi connectivity index (χ0v) is 5.66. The number of hydrogen-bond acceptors (Lipinski definition) is 3. The normalized spacial score (nSPS) is 16.2. The van der Waals surface area contributed by atoms with Crippen molar-refractivity contribution >= 4 is 0 Å². The molecule has 0 aliphatic carbocycles. The van der Waals surface area contributed by atoms with E-state index in [1.165, 1.54) is 0 Å². The van der Waals surface area contributed by atoms with Gasteiger partial charge in [0, 0.05) is 0 Å². The fraction of sp³-hybridized carbons (Fsp3) is 0.833. The van der Waals surface area contributed by atoms with Crippen LogP contribution in [-0.2, 0) is 4.74 Å². The van der Waals surface area contributed by atoms with E-state index in [0.717, 1.165) is 0 Å². The van der Waals surface area contributed by atoms with Crippen molar-refractivity contribution in [3.05, 3.63) is 0 Å². The highest BCUT2D eigenvalue weighted by Crippen LogP contribution is 1.96. The van der Waals surface area contributed by atoms with E-state index in [2.05, 4.69) is 0 Å². The first-order chi connectivity index (χ1) is 4.20. The minimum Gasteiger partial charge on any atom is -0.368 e. The minimum absolute atomic E-state index is 0.514. The van der Waals surface area contributed by atoms with Crippen molar-refractivity contribution in [1.82, 2.24) is 0 Å². The molecule has 0 saturated carbocycles. The van der Waals surface area contributed by atoms with Gasteiger partial charge in [-0.25, -0.2) is 0 Å². The molecule has 0 fully saturated rings. The highest BCUT2D eigenvalue weighted by atomic mass is 16.6. The molecule has 0 aromatic rings. The molecule has 0 rings (SSSR count). The number of hydrogen-bond donors (Lipinski definition) is 1. The first-order valence-corrected chi connectivity index (χ1v) is 2.93. The van der Waals surface area contributed by atoms with Crippen LogP contribution in [0.1, 0.15) is 20.3 Å². The Balaban J connectivity index is 3.37. The summed E-state index contributed by atoms with van der Waals surface area (Å²) in [6, 6.07) is 1.85. The van der Waals surface area contributed by atoms with Gasteiger partial charge in [0.25, 0.3) is 0 Å². The molecule has 0 aromatic heterocycles. The van der Waals surface area contributed by atoms with E-state index in [-0.39, 0.29) is 0 Å². The maximum atomic E-state index is 8.79. The topological polar surface area (TPSA) is 53.2 Å². The lowest BCUT2D eigenvalue weighted by Gasteiger charge is -2.09. The Labute approximate surface area is 54.9 Å². The quantitative estimate of drug-likeness (QED) is 0.569. The van der Waals surface area contributed by atoms with Gasteiger partial charge in [0.15, 0.2) is 6.29 Å². The second-order valence-electron chi connectivity index (χ2n) is 1.77. The number of aliphatic hydroxyl groups excluding tert-OH is 1. The second kappa shape index (κ2) is 4.30. The van der Waals surface area contributed by atoms with Crippen LogP contribution in [0.25, 0.3) is 0 Å². The molecule has 0 aromatic carbocycles. The summed E-state index contributed by atoms with van der Waals surface area (Å²) in [6.45, 7) is 3.38. The maximum absolute atomic E-state index is 8.79. The highest BCUT2D eigenvalue weighted by molar-refractivity contribution is 4.79. The smallest absolute Gasteiger partial charge is 0.156 e. The van der Waals surface area contributed by atoms with Crippen molar-refractivity contribution in [2.45, 2.75) is 32.7 Å². The molecule has 0 aliphatic rings. The summed E-state index contributed by atoms with van der Waals surface area (Å²) >= 11 is 0. The van der Waals surface area contributed by atoms with Crippen molar-refractivity contribution in [1.29, 1.82) is 5.26 Å². The Kier molecular flexibility index (Phi) is 4.02. The van der Waals surface area contributed by atoms with Crippen molar-refractivity contribution in [3.8, 4) is 6.07 Å². The van der Waals surface area contributed by atoms with Crippen LogP contribution in [0, 0.1) is 11.3 Å². The van der Waals surface area contributed by atoms with Crippen LogP contribution in [0.5, 0.6) is 0 Å². The zero-order chi connectivity index (χ0) is 7.28. The van der Waals surface area contributed by atoms with E-state index in [1.807, 2.05) is 6.07 Å². The average Bonchev–Trinajstić information content (AvgIpc) is 1.87. The lowest BCUT2D eigenvalue weighted by atomic mass is 10.4. The molecule has 2 unspecified atom stereocenters. The highest BCUT2D eigenvalue weighted by Gasteiger charge is 2.04. The fourth-order valence-corrected chi connectivity index (χ4v) is 0.362. The second-order valence-corrected chi connectivity index (χ2v) is 1.77. The Morgan fingerprint density at radius 1 is 1.78 bits per heavy atom. The van der Waals surface area contributed by atoms with Crippen molar-refractivity contribution in [2.24, 2.45) is 0 Å². The number of nitriles is 1. The molecule has 0 amide bonds. The van der Waals surface area contributed by atoms with Gasteiger partial charge in [-0.15, -0.1) is 0 Å². The third-order valence-electron chi connectivity index (χ3n) is 0.892. The molecule has 0 radical (unpaired) electrons.